The topological polar surface area (TPSA) is 52.6 Å². The van der Waals surface area contributed by atoms with E-state index in [1.807, 2.05) is 6.92 Å². The molecule has 0 amide bonds. The molecule has 2 saturated carbocycles. The van der Waals surface area contributed by atoms with Crippen molar-refractivity contribution in [2.75, 3.05) is 6.61 Å². The molecule has 0 bridgehead atoms. The van der Waals surface area contributed by atoms with Crippen LogP contribution in [0.5, 0.6) is 0 Å². The van der Waals surface area contributed by atoms with Crippen LogP contribution >= 0.6 is 22.6 Å². The van der Waals surface area contributed by atoms with E-state index in [9.17, 15) is 9.59 Å². The highest BCUT2D eigenvalue weighted by Gasteiger charge is 2.53. The van der Waals surface area contributed by atoms with Crippen LogP contribution in [0.3, 0.4) is 0 Å². The summed E-state index contributed by atoms with van der Waals surface area (Å²) in [6.45, 7) is 10.6. The Balaban J connectivity index is 1.86. The largest absolute Gasteiger partial charge is 0.463 e. The molecule has 0 unspecified atom stereocenters. The van der Waals surface area contributed by atoms with Gasteiger partial charge in [-0.15, -0.1) is 0 Å². The van der Waals surface area contributed by atoms with Crippen molar-refractivity contribution in [3.05, 3.63) is 45.0 Å². The van der Waals surface area contributed by atoms with E-state index in [-0.39, 0.29) is 23.5 Å². The molecular weight excluding hydrogens is 515 g/mol. The number of carbonyl (C=O) groups is 2. The maximum absolute atomic E-state index is 12.0. The minimum atomic E-state index is -0.236. The minimum Gasteiger partial charge on any atom is -0.463 e. The van der Waals surface area contributed by atoms with Crippen molar-refractivity contribution in [2.24, 2.45) is 29.1 Å². The predicted molar refractivity (Wildman–Crippen MR) is 135 cm³/mol. The molecule has 0 N–H and O–H groups in total. The van der Waals surface area contributed by atoms with Gasteiger partial charge in [-0.2, -0.15) is 0 Å². The lowest BCUT2D eigenvalue weighted by molar-refractivity contribution is -0.165. The van der Waals surface area contributed by atoms with Gasteiger partial charge in [0.2, 0.25) is 0 Å². The number of benzene rings is 1. The predicted octanol–water partition coefficient (Wildman–Crippen LogP) is 6.35. The van der Waals surface area contributed by atoms with Crippen LogP contribution in [-0.4, -0.2) is 24.6 Å². The highest BCUT2D eigenvalue weighted by Crippen LogP contribution is 2.58. The molecule has 3 rings (SSSR count). The van der Waals surface area contributed by atoms with Gasteiger partial charge in [0.1, 0.15) is 6.10 Å². The van der Waals surface area contributed by atoms with Crippen molar-refractivity contribution in [2.45, 2.75) is 72.8 Å². The monoisotopic (exact) mass is 552 g/mol. The SMILES string of the molecule is CCOC(=O)/C=C(\C)[C@@H]1CC[C@@H]2[C@H](Cc3ccc(I)cc3)[C@@H](OC(C)=O)C[C@@H](C)[C@]2(C)C1. The van der Waals surface area contributed by atoms with E-state index < -0.39 is 0 Å². The van der Waals surface area contributed by atoms with Crippen molar-refractivity contribution in [3.63, 3.8) is 0 Å². The number of halogens is 1. The number of carbonyl (C=O) groups excluding carboxylic acids is 2. The fourth-order valence-corrected chi connectivity index (χ4v) is 6.57. The smallest absolute Gasteiger partial charge is 0.330 e. The van der Waals surface area contributed by atoms with E-state index in [0.717, 1.165) is 37.7 Å². The molecule has 4 nitrogen and oxygen atoms in total. The molecule has 1 aromatic rings. The summed E-state index contributed by atoms with van der Waals surface area (Å²) in [5.74, 6) is 1.23. The molecule has 176 valence electrons. The first kappa shape index (κ1) is 25.3. The third-order valence-electron chi connectivity index (χ3n) is 8.04. The third kappa shape index (κ3) is 5.75. The van der Waals surface area contributed by atoms with Crippen molar-refractivity contribution < 1.29 is 19.1 Å². The van der Waals surface area contributed by atoms with Gasteiger partial charge in [0, 0.05) is 22.5 Å². The van der Waals surface area contributed by atoms with Crippen LogP contribution in [0.2, 0.25) is 0 Å². The molecule has 1 aromatic carbocycles. The van der Waals surface area contributed by atoms with Crippen molar-refractivity contribution in [3.8, 4) is 0 Å². The van der Waals surface area contributed by atoms with Gasteiger partial charge in [0.05, 0.1) is 6.61 Å². The molecule has 0 aromatic heterocycles. The second kappa shape index (κ2) is 10.7. The number of rotatable bonds is 6. The summed E-state index contributed by atoms with van der Waals surface area (Å²) < 4.78 is 12.3. The molecular formula is C27H37IO4. The summed E-state index contributed by atoms with van der Waals surface area (Å²) >= 11 is 2.34. The molecule has 0 heterocycles. The highest BCUT2D eigenvalue weighted by atomic mass is 127. The molecule has 6 atom stereocenters. The Bertz CT molecular complexity index is 846. The molecule has 0 saturated heterocycles. The summed E-state index contributed by atoms with van der Waals surface area (Å²) in [5.41, 5.74) is 2.59. The number of hydrogen-bond donors (Lipinski definition) is 0. The summed E-state index contributed by atoms with van der Waals surface area (Å²) in [6.07, 6.45) is 6.70. The van der Waals surface area contributed by atoms with Crippen molar-refractivity contribution >= 4 is 34.5 Å². The zero-order valence-corrected chi connectivity index (χ0v) is 22.2. The second-order valence-electron chi connectivity index (χ2n) is 10.0. The molecule has 2 aliphatic rings. The average molecular weight is 552 g/mol. The first-order chi connectivity index (χ1) is 15.1. The number of ether oxygens (including phenoxy) is 2. The molecule has 2 aliphatic carbocycles. The maximum atomic E-state index is 12.0. The van der Waals surface area contributed by atoms with Crippen molar-refractivity contribution in [1.29, 1.82) is 0 Å². The Labute approximate surface area is 206 Å². The Morgan fingerprint density at radius 1 is 1.19 bits per heavy atom. The Hall–Kier alpha value is -1.37. The first-order valence-electron chi connectivity index (χ1n) is 11.9. The molecule has 32 heavy (non-hydrogen) atoms. The third-order valence-corrected chi connectivity index (χ3v) is 8.76. The van der Waals surface area contributed by atoms with Gasteiger partial charge in [-0.3, -0.25) is 4.79 Å². The normalized spacial score (nSPS) is 32.7. The number of hydrogen-bond acceptors (Lipinski definition) is 4. The molecule has 0 spiro atoms. The maximum Gasteiger partial charge on any atom is 0.330 e. The van der Waals surface area contributed by atoms with Crippen LogP contribution in [0.4, 0.5) is 0 Å². The summed E-state index contributed by atoms with van der Waals surface area (Å²) in [4.78, 5) is 23.9. The second-order valence-corrected chi connectivity index (χ2v) is 11.3. The molecule has 0 aliphatic heterocycles. The summed E-state index contributed by atoms with van der Waals surface area (Å²) in [6, 6.07) is 8.73. The van der Waals surface area contributed by atoms with Gasteiger partial charge in [-0.25, -0.2) is 4.79 Å². The molecule has 2 fully saturated rings. The standard InChI is InChI=1S/C27H37IO4/c1-6-31-26(30)13-17(2)21-9-12-24-23(15-20-7-10-22(28)11-8-20)25(32-19(4)29)14-18(3)27(24,5)16-21/h7-8,10-11,13,18,21,23-25H,6,9,12,14-16H2,1-5H3/b17-13+/t18-,21-,23+,24-,25+,27+/m1/s1. The van der Waals surface area contributed by atoms with E-state index in [0.29, 0.717) is 30.3 Å². The van der Waals surface area contributed by atoms with E-state index >= 15 is 0 Å². The van der Waals surface area contributed by atoms with E-state index in [4.69, 9.17) is 9.47 Å². The summed E-state index contributed by atoms with van der Waals surface area (Å²) in [7, 11) is 0. The summed E-state index contributed by atoms with van der Waals surface area (Å²) in [5, 5.41) is 0. The first-order valence-corrected chi connectivity index (χ1v) is 13.0. The quantitative estimate of drug-likeness (QED) is 0.234. The lowest BCUT2D eigenvalue weighted by Gasteiger charge is -2.57. The van der Waals surface area contributed by atoms with Crippen molar-refractivity contribution in [1.82, 2.24) is 0 Å². The van der Waals surface area contributed by atoms with Gasteiger partial charge in [0.15, 0.2) is 0 Å². The average Bonchev–Trinajstić information content (AvgIpc) is 2.72. The van der Waals surface area contributed by atoms with E-state index in [1.165, 1.54) is 16.1 Å². The Morgan fingerprint density at radius 3 is 2.50 bits per heavy atom. The van der Waals surface area contributed by atoms with E-state index in [1.54, 1.807) is 6.08 Å². The van der Waals surface area contributed by atoms with Crippen LogP contribution in [-0.2, 0) is 25.5 Å². The van der Waals surface area contributed by atoms with Crippen LogP contribution < -0.4 is 0 Å². The van der Waals surface area contributed by atoms with Crippen LogP contribution in [0, 0.1) is 32.7 Å². The molecule has 0 radical (unpaired) electrons. The van der Waals surface area contributed by atoms with Gasteiger partial charge >= 0.3 is 11.9 Å². The van der Waals surface area contributed by atoms with E-state index in [2.05, 4.69) is 67.6 Å². The lowest BCUT2D eigenvalue weighted by atomic mass is 9.49. The molecule has 5 heteroatoms. The van der Waals surface area contributed by atoms with Gasteiger partial charge in [0.25, 0.3) is 0 Å². The van der Waals surface area contributed by atoms with Crippen LogP contribution in [0.15, 0.2) is 35.9 Å². The number of allylic oxidation sites excluding steroid dienone is 1. The van der Waals surface area contributed by atoms with Crippen LogP contribution in [0.25, 0.3) is 0 Å². The number of esters is 2. The van der Waals surface area contributed by atoms with Gasteiger partial charge in [-0.05, 0) is 109 Å². The highest BCUT2D eigenvalue weighted by molar-refractivity contribution is 14.1. The lowest BCUT2D eigenvalue weighted by Crippen LogP contribution is -2.53. The van der Waals surface area contributed by atoms with Gasteiger partial charge < -0.3 is 9.47 Å². The minimum absolute atomic E-state index is 0.0347. The fraction of sp³-hybridized carbons (Fsp3) is 0.630. The van der Waals surface area contributed by atoms with Gasteiger partial charge in [-0.1, -0.05) is 31.6 Å². The zero-order chi connectivity index (χ0) is 23.5. The zero-order valence-electron chi connectivity index (χ0n) is 20.0. The van der Waals surface area contributed by atoms with Crippen LogP contribution in [0.1, 0.15) is 65.9 Å². The Kier molecular flexibility index (Phi) is 8.45. The number of fused-ring (bicyclic) bond motifs is 1. The Morgan fingerprint density at radius 2 is 1.88 bits per heavy atom. The fourth-order valence-electron chi connectivity index (χ4n) is 6.21.